The predicted octanol–water partition coefficient (Wildman–Crippen LogP) is 5.01. The van der Waals surface area contributed by atoms with E-state index in [1.54, 1.807) is 68.8 Å². The first-order valence-electron chi connectivity index (χ1n) is 24.3. The van der Waals surface area contributed by atoms with Crippen LogP contribution < -0.4 is 19.5 Å². The number of nitrogens with zero attached hydrogens (tertiary/aromatic N) is 4. The van der Waals surface area contributed by atoms with Crippen LogP contribution in [-0.4, -0.2) is 155 Å². The molecule has 4 aliphatic heterocycles. The lowest BCUT2D eigenvalue weighted by atomic mass is 9.79. The lowest BCUT2D eigenvalue weighted by molar-refractivity contribution is -0.905. The summed E-state index contributed by atoms with van der Waals surface area (Å²) in [7, 11) is 0.966. The summed E-state index contributed by atoms with van der Waals surface area (Å²) in [4.78, 5) is 49.5. The fraction of sp³-hybridized carbons (Fsp3) is 0.434. The number of aliphatic hydroxyl groups excluding tert-OH is 3. The number of nitriles is 1. The normalized spacial score (nSPS) is 27.1. The number of carbonyl (C=O) groups is 3. The van der Waals surface area contributed by atoms with Crippen molar-refractivity contribution in [3.05, 3.63) is 138 Å². The van der Waals surface area contributed by atoms with Gasteiger partial charge in [0.15, 0.2) is 18.8 Å². The number of nitrogens with one attached hydrogen (secondary N) is 1. The molecule has 4 amide bonds. The number of imide groups is 1. The number of hydrogen-bond donors (Lipinski definition) is 4. The van der Waals surface area contributed by atoms with E-state index < -0.39 is 111 Å². The van der Waals surface area contributed by atoms with Crippen LogP contribution in [0.5, 0.6) is 17.2 Å². The molecule has 2 unspecified atom stereocenters. The number of amides is 4. The van der Waals surface area contributed by atoms with Crippen molar-refractivity contribution in [2.24, 2.45) is 0 Å². The molecule has 2 bridgehead atoms. The Kier molecular flexibility index (Phi) is 17.1. The van der Waals surface area contributed by atoms with Gasteiger partial charge in [-0.05, 0) is 80.8 Å². The molecule has 21 heteroatoms. The molecule has 4 aliphatic rings. The van der Waals surface area contributed by atoms with E-state index in [2.05, 4.69) is 11.4 Å². The zero-order chi connectivity index (χ0) is 52.8. The highest BCUT2D eigenvalue weighted by Crippen LogP contribution is 2.56. The number of fused-ring (bicyclic) bond motifs is 2. The molecule has 20 nitrogen and oxygen atoms in total. The van der Waals surface area contributed by atoms with E-state index in [-0.39, 0.29) is 25.1 Å². The maximum atomic E-state index is 14.9. The van der Waals surface area contributed by atoms with Gasteiger partial charge in [-0.3, -0.25) is 14.4 Å². The van der Waals surface area contributed by atoms with E-state index in [1.165, 1.54) is 6.20 Å². The third kappa shape index (κ3) is 10.5. The molecule has 3 saturated heterocycles. The van der Waals surface area contributed by atoms with Crippen molar-refractivity contribution in [2.75, 3.05) is 47.2 Å². The van der Waals surface area contributed by atoms with Crippen molar-refractivity contribution in [1.82, 2.24) is 15.1 Å². The van der Waals surface area contributed by atoms with Crippen LogP contribution in [0.1, 0.15) is 50.8 Å². The van der Waals surface area contributed by atoms with Gasteiger partial charge in [0.05, 0.1) is 59.2 Å². The van der Waals surface area contributed by atoms with Crippen molar-refractivity contribution in [1.29, 1.82) is 5.26 Å². The maximum absolute atomic E-state index is 14.9. The Balaban J connectivity index is 1.36. The SMILES string of the molecule is COc1ccc(C(OC[C@@]23CN(C(=O)COc4ccccc4)O[C@@H]([C@H]([N+]4([C@@H]5O[C@H](CO)[C@@H](O)[C@H]5O)C=CC(=O)NC4=O)O2)[C@@H]3OP(OCCC#N)N(C(C)C)C(C)C)(c2ccccc2)c2ccc(OC)cc2)cc1. The Labute approximate surface area is 430 Å². The third-order valence-electron chi connectivity index (χ3n) is 13.5. The van der Waals surface area contributed by atoms with E-state index in [0.29, 0.717) is 33.9 Å². The first kappa shape index (κ1) is 54.4. The summed E-state index contributed by atoms with van der Waals surface area (Å²) in [5.41, 5.74) is -1.44. The van der Waals surface area contributed by atoms with Gasteiger partial charge in [0.2, 0.25) is 12.5 Å². The number of aliphatic hydroxyl groups is 3. The number of carbonyl (C=O) groups excluding carboxylic acids is 3. The molecule has 4 N–H and O–H groups in total. The maximum Gasteiger partial charge on any atom is 0.432 e. The standard InChI is InChI=1S/C53H62N5O15P/c1-34(2)57(35(3)4)74(69-29-13-27-54)73-48-47-50(58(28-26-43(60)55-51(58)64)49-46(63)45(62)42(30-59)70-49)71-52(48,32-56(72-47)44(61)31-67-41-16-11-8-12-17-41)33-68-53(36-14-9-7-10-15-36,37-18-22-39(65-5)23-19-37)38-20-24-40(66-6)25-21-38/h7-12,14-26,28,34-35,42,45-50,59,62-63H,13,29-33H2,1-6H3/p+1/t42-,45-,46-,47-,48+,49-,50-,52-,58?,74?/m1/s1. The number of hydrogen-bond acceptors (Lipinski definition) is 17. The van der Waals surface area contributed by atoms with Crippen LogP contribution in [0.4, 0.5) is 4.79 Å². The Morgan fingerprint density at radius 1 is 0.878 bits per heavy atom. The quantitative estimate of drug-likeness (QED) is 0.0350. The Hall–Kier alpha value is -5.89. The second-order valence-electron chi connectivity index (χ2n) is 18.7. The van der Waals surface area contributed by atoms with Crippen LogP contribution in [0.3, 0.4) is 0 Å². The number of urea groups is 1. The topological polar surface area (TPSA) is 237 Å². The Morgan fingerprint density at radius 3 is 2.01 bits per heavy atom. The number of methoxy groups -OCH3 is 2. The zero-order valence-corrected chi connectivity index (χ0v) is 42.9. The highest BCUT2D eigenvalue weighted by molar-refractivity contribution is 7.44. The summed E-state index contributed by atoms with van der Waals surface area (Å²) >= 11 is 0. The minimum Gasteiger partial charge on any atom is -0.497 e. The zero-order valence-electron chi connectivity index (χ0n) is 42.0. The minimum atomic E-state index is -2.16. The predicted molar refractivity (Wildman–Crippen MR) is 265 cm³/mol. The van der Waals surface area contributed by atoms with Gasteiger partial charge in [0.1, 0.15) is 53.0 Å². The van der Waals surface area contributed by atoms with Crippen LogP contribution in [0.15, 0.2) is 121 Å². The Morgan fingerprint density at radius 2 is 1.47 bits per heavy atom. The molecule has 4 aromatic carbocycles. The van der Waals surface area contributed by atoms with E-state index in [1.807, 2.05) is 87.0 Å². The molecule has 8 rings (SSSR count). The van der Waals surface area contributed by atoms with E-state index in [4.69, 9.17) is 42.3 Å². The number of quaternary nitrogens is 1. The fourth-order valence-corrected chi connectivity index (χ4v) is 11.8. The fourth-order valence-electron chi connectivity index (χ4n) is 9.99. The van der Waals surface area contributed by atoms with Crippen LogP contribution in [0, 0.1) is 11.3 Å². The summed E-state index contributed by atoms with van der Waals surface area (Å²) in [5.74, 6) is 0.0834. The van der Waals surface area contributed by atoms with Gasteiger partial charge in [0.25, 0.3) is 20.3 Å². The first-order chi connectivity index (χ1) is 35.7. The van der Waals surface area contributed by atoms with Gasteiger partial charge in [-0.1, -0.05) is 72.8 Å². The summed E-state index contributed by atoms with van der Waals surface area (Å²) < 4.78 is 52.9. The number of para-hydroxylation sites is 1. The van der Waals surface area contributed by atoms with Crippen molar-refractivity contribution in [3.63, 3.8) is 0 Å². The summed E-state index contributed by atoms with van der Waals surface area (Å²) in [6.45, 7) is 5.66. The molecule has 0 spiro atoms. The lowest BCUT2D eigenvalue weighted by Gasteiger charge is -2.46. The average Bonchev–Trinajstić information content (AvgIpc) is 3.79. The summed E-state index contributed by atoms with van der Waals surface area (Å²) in [6.07, 6.45) is -9.03. The minimum absolute atomic E-state index is 0.0153. The second-order valence-corrected chi connectivity index (χ2v) is 20.1. The molecule has 3 fully saturated rings. The molecular weight excluding hydrogens is 978 g/mol. The highest BCUT2D eigenvalue weighted by atomic mass is 31.2. The highest BCUT2D eigenvalue weighted by Gasteiger charge is 2.74. The molecular formula is C53H63N5O15P+. The molecule has 394 valence electrons. The molecule has 4 aromatic rings. The van der Waals surface area contributed by atoms with Gasteiger partial charge in [0, 0.05) is 12.1 Å². The first-order valence-corrected chi connectivity index (χ1v) is 25.4. The molecule has 10 atom stereocenters. The van der Waals surface area contributed by atoms with Crippen molar-refractivity contribution in [2.45, 2.75) is 100 Å². The largest absolute Gasteiger partial charge is 0.497 e. The number of hydroxylamine groups is 2. The van der Waals surface area contributed by atoms with Crippen molar-refractivity contribution >= 4 is 26.4 Å². The average molecular weight is 1040 g/mol. The van der Waals surface area contributed by atoms with Crippen LogP contribution in [-0.2, 0) is 43.3 Å². The lowest BCUT2D eigenvalue weighted by Crippen LogP contribution is -2.72. The second kappa shape index (κ2) is 23.3. The van der Waals surface area contributed by atoms with Gasteiger partial charge >= 0.3 is 6.03 Å². The third-order valence-corrected chi connectivity index (χ3v) is 15.6. The molecule has 0 aromatic heterocycles. The van der Waals surface area contributed by atoms with E-state index in [0.717, 1.165) is 11.1 Å². The summed E-state index contributed by atoms with van der Waals surface area (Å²) in [6, 6.07) is 33.5. The van der Waals surface area contributed by atoms with Crippen LogP contribution in [0.2, 0.25) is 0 Å². The molecule has 0 aliphatic carbocycles. The molecule has 74 heavy (non-hydrogen) atoms. The molecule has 4 heterocycles. The van der Waals surface area contributed by atoms with Crippen LogP contribution >= 0.6 is 8.53 Å². The number of rotatable bonds is 22. The van der Waals surface area contributed by atoms with E-state index >= 15 is 0 Å². The summed E-state index contributed by atoms with van der Waals surface area (Å²) in [5, 5.41) is 46.5. The molecule has 0 saturated carbocycles. The number of benzene rings is 4. The Bertz CT molecular complexity index is 2570. The van der Waals surface area contributed by atoms with E-state index in [9.17, 15) is 35.0 Å². The number of ether oxygens (including phenoxy) is 6. The van der Waals surface area contributed by atoms with Crippen molar-refractivity contribution in [3.8, 4) is 23.3 Å². The van der Waals surface area contributed by atoms with Crippen molar-refractivity contribution < 1.29 is 76.5 Å². The monoisotopic (exact) mass is 1040 g/mol. The van der Waals surface area contributed by atoms with Gasteiger partial charge < -0.3 is 52.8 Å². The smallest absolute Gasteiger partial charge is 0.432 e. The van der Waals surface area contributed by atoms with Gasteiger partial charge in [-0.15, -0.1) is 0 Å². The van der Waals surface area contributed by atoms with Gasteiger partial charge in [-0.25, -0.2) is 19.8 Å². The molecule has 0 radical (unpaired) electrons. The van der Waals surface area contributed by atoms with Crippen LogP contribution in [0.25, 0.3) is 0 Å². The van der Waals surface area contributed by atoms with Gasteiger partial charge in [-0.2, -0.15) is 9.74 Å².